The first-order valence-corrected chi connectivity index (χ1v) is 8.57. The normalized spacial score (nSPS) is 11.0. The van der Waals surface area contributed by atoms with Crippen molar-refractivity contribution in [2.24, 2.45) is 0 Å². The molecule has 2 aromatic rings. The molecule has 0 aliphatic carbocycles. The zero-order valence-corrected chi connectivity index (χ0v) is 15.5. The maximum absolute atomic E-state index is 12.4. The lowest BCUT2D eigenvalue weighted by molar-refractivity contribution is -0.122. The minimum atomic E-state index is -0.679. The van der Waals surface area contributed by atoms with Gasteiger partial charge in [0, 0.05) is 12.1 Å². The fourth-order valence-electron chi connectivity index (χ4n) is 2.33. The van der Waals surface area contributed by atoms with Gasteiger partial charge >= 0.3 is 0 Å². The van der Waals surface area contributed by atoms with Crippen LogP contribution >= 0.6 is 12.2 Å². The number of carbonyl (C=O) groups excluding carboxylic acids is 1. The molecular formula is C19H20N4O3S. The second kappa shape index (κ2) is 9.99. The number of anilines is 1. The van der Waals surface area contributed by atoms with Gasteiger partial charge in [0.05, 0.1) is 13.2 Å². The summed E-state index contributed by atoms with van der Waals surface area (Å²) in [4.78, 5) is 12.4. The number of nitrogens with zero attached hydrogens (tertiary/aromatic N) is 1. The van der Waals surface area contributed by atoms with Crippen LogP contribution in [-0.2, 0) is 11.2 Å². The molecule has 4 N–H and O–H groups in total. The maximum Gasteiger partial charge on any atom is 0.243 e. The van der Waals surface area contributed by atoms with Gasteiger partial charge < -0.3 is 25.8 Å². The van der Waals surface area contributed by atoms with Gasteiger partial charge in [-0.1, -0.05) is 12.1 Å². The summed E-state index contributed by atoms with van der Waals surface area (Å²) >= 11 is 5.30. The number of amides is 1. The van der Waals surface area contributed by atoms with Gasteiger partial charge in [0.15, 0.2) is 5.11 Å². The second-order valence-corrected chi connectivity index (χ2v) is 6.03. The SMILES string of the molecule is COc1ccc(NC(=S)NC(Cc2ccc(O)cc2)C(=O)NCC#N)cc1. The molecule has 1 amide bonds. The van der Waals surface area contributed by atoms with Crippen LogP contribution in [0.2, 0.25) is 0 Å². The van der Waals surface area contributed by atoms with Crippen molar-refractivity contribution < 1.29 is 14.6 Å². The molecule has 7 nitrogen and oxygen atoms in total. The van der Waals surface area contributed by atoms with E-state index in [0.29, 0.717) is 6.42 Å². The number of rotatable bonds is 7. The first-order chi connectivity index (χ1) is 13.0. The van der Waals surface area contributed by atoms with Crippen molar-refractivity contribution in [2.45, 2.75) is 12.5 Å². The maximum atomic E-state index is 12.4. The molecule has 8 heteroatoms. The smallest absolute Gasteiger partial charge is 0.243 e. The van der Waals surface area contributed by atoms with Crippen LogP contribution in [0.4, 0.5) is 5.69 Å². The van der Waals surface area contributed by atoms with Crippen LogP contribution in [0.1, 0.15) is 5.56 Å². The second-order valence-electron chi connectivity index (χ2n) is 5.63. The Hall–Kier alpha value is -3.31. The van der Waals surface area contributed by atoms with E-state index in [9.17, 15) is 9.90 Å². The van der Waals surface area contributed by atoms with Gasteiger partial charge in [0.25, 0.3) is 0 Å². The number of phenols is 1. The molecule has 1 atom stereocenters. The van der Waals surface area contributed by atoms with Crippen LogP contribution in [-0.4, -0.2) is 35.8 Å². The lowest BCUT2D eigenvalue weighted by atomic mass is 10.1. The molecule has 140 valence electrons. The topological polar surface area (TPSA) is 106 Å². The molecule has 1 unspecified atom stereocenters. The number of hydrogen-bond donors (Lipinski definition) is 4. The lowest BCUT2D eigenvalue weighted by Gasteiger charge is -2.20. The van der Waals surface area contributed by atoms with Gasteiger partial charge in [0.2, 0.25) is 5.91 Å². The summed E-state index contributed by atoms with van der Waals surface area (Å²) in [5.74, 6) is 0.526. The van der Waals surface area contributed by atoms with E-state index in [1.54, 1.807) is 55.6 Å². The first kappa shape index (κ1) is 20.0. The third-order valence-corrected chi connectivity index (χ3v) is 3.91. The Balaban J connectivity index is 2.04. The van der Waals surface area contributed by atoms with Crippen molar-refractivity contribution in [1.29, 1.82) is 5.26 Å². The highest BCUT2D eigenvalue weighted by Gasteiger charge is 2.20. The molecule has 0 fully saturated rings. The van der Waals surface area contributed by atoms with E-state index in [4.69, 9.17) is 22.2 Å². The van der Waals surface area contributed by atoms with Gasteiger partial charge in [-0.2, -0.15) is 5.26 Å². The van der Waals surface area contributed by atoms with Crippen molar-refractivity contribution >= 4 is 28.9 Å². The number of aromatic hydroxyl groups is 1. The van der Waals surface area contributed by atoms with Gasteiger partial charge in [-0.05, 0) is 54.2 Å². The predicted molar refractivity (Wildman–Crippen MR) is 107 cm³/mol. The van der Waals surface area contributed by atoms with E-state index in [1.165, 1.54) is 0 Å². The molecule has 0 heterocycles. The van der Waals surface area contributed by atoms with E-state index in [1.807, 2.05) is 6.07 Å². The van der Waals surface area contributed by atoms with Crippen molar-refractivity contribution in [1.82, 2.24) is 10.6 Å². The molecule has 0 bridgehead atoms. The average molecular weight is 384 g/mol. The zero-order valence-electron chi connectivity index (χ0n) is 14.7. The van der Waals surface area contributed by atoms with E-state index in [0.717, 1.165) is 17.0 Å². The quantitative estimate of drug-likeness (QED) is 0.427. The minimum absolute atomic E-state index is 0.0920. The zero-order chi connectivity index (χ0) is 19.6. The van der Waals surface area contributed by atoms with Gasteiger partial charge in [0.1, 0.15) is 24.1 Å². The van der Waals surface area contributed by atoms with Crippen LogP contribution in [0, 0.1) is 11.3 Å². The number of phenolic OH excluding ortho intramolecular Hbond substituents is 1. The standard InChI is InChI=1S/C19H20N4O3S/c1-26-16-8-4-14(5-9-16)22-19(27)23-17(18(25)21-11-10-20)12-13-2-6-15(24)7-3-13/h2-9,17,24H,11-12H2,1H3,(H,21,25)(H2,22,23,27). The number of nitriles is 1. The van der Waals surface area contributed by atoms with Crippen LogP contribution < -0.4 is 20.7 Å². The fraction of sp³-hybridized carbons (Fsp3) is 0.211. The Morgan fingerprint density at radius 1 is 1.22 bits per heavy atom. The summed E-state index contributed by atoms with van der Waals surface area (Å²) in [6.07, 6.45) is 0.335. The highest BCUT2D eigenvalue weighted by Crippen LogP contribution is 2.15. The molecule has 0 saturated carbocycles. The number of ether oxygens (including phenoxy) is 1. The Bertz CT molecular complexity index is 816. The fourth-order valence-corrected chi connectivity index (χ4v) is 2.59. The number of hydrogen-bond acceptors (Lipinski definition) is 5. The Morgan fingerprint density at radius 2 is 1.89 bits per heavy atom. The van der Waals surface area contributed by atoms with E-state index in [-0.39, 0.29) is 23.3 Å². The van der Waals surface area contributed by atoms with E-state index in [2.05, 4.69) is 16.0 Å². The minimum Gasteiger partial charge on any atom is -0.508 e. The lowest BCUT2D eigenvalue weighted by Crippen LogP contribution is -2.49. The molecule has 2 rings (SSSR count). The number of thiocarbonyl (C=S) groups is 1. The van der Waals surface area contributed by atoms with Crippen molar-refractivity contribution in [2.75, 3.05) is 19.0 Å². The number of methoxy groups -OCH3 is 1. The van der Waals surface area contributed by atoms with E-state index < -0.39 is 6.04 Å². The van der Waals surface area contributed by atoms with Gasteiger partial charge in [-0.15, -0.1) is 0 Å². The van der Waals surface area contributed by atoms with Crippen LogP contribution in [0.5, 0.6) is 11.5 Å². The van der Waals surface area contributed by atoms with Gasteiger partial charge in [-0.3, -0.25) is 4.79 Å². The summed E-state index contributed by atoms with van der Waals surface area (Å²) < 4.78 is 5.11. The molecule has 0 aliphatic rings. The van der Waals surface area contributed by atoms with Crippen molar-refractivity contribution in [3.63, 3.8) is 0 Å². The summed E-state index contributed by atoms with van der Waals surface area (Å²) in [7, 11) is 1.59. The molecule has 0 spiro atoms. The average Bonchev–Trinajstić information content (AvgIpc) is 2.67. The van der Waals surface area contributed by atoms with Crippen LogP contribution in [0.3, 0.4) is 0 Å². The number of carbonyl (C=O) groups is 1. The summed E-state index contributed by atoms with van der Waals surface area (Å²) in [6, 6.07) is 14.9. The highest BCUT2D eigenvalue weighted by atomic mass is 32.1. The third kappa shape index (κ3) is 6.49. The third-order valence-electron chi connectivity index (χ3n) is 3.69. The van der Waals surface area contributed by atoms with Crippen molar-refractivity contribution in [3.8, 4) is 17.6 Å². The number of benzene rings is 2. The largest absolute Gasteiger partial charge is 0.508 e. The molecule has 2 aromatic carbocycles. The monoisotopic (exact) mass is 384 g/mol. The molecule has 0 saturated heterocycles. The summed E-state index contributed by atoms with van der Waals surface area (Å²) in [5, 5.41) is 26.9. The van der Waals surface area contributed by atoms with Crippen molar-refractivity contribution in [3.05, 3.63) is 54.1 Å². The molecule has 0 aromatic heterocycles. The molecule has 0 radical (unpaired) electrons. The van der Waals surface area contributed by atoms with Gasteiger partial charge in [-0.25, -0.2) is 0 Å². The van der Waals surface area contributed by atoms with Crippen LogP contribution in [0.25, 0.3) is 0 Å². The Labute approximate surface area is 163 Å². The first-order valence-electron chi connectivity index (χ1n) is 8.16. The Kier molecular flexibility index (Phi) is 7.40. The molecule has 27 heavy (non-hydrogen) atoms. The van der Waals surface area contributed by atoms with Crippen LogP contribution in [0.15, 0.2) is 48.5 Å². The van der Waals surface area contributed by atoms with E-state index >= 15 is 0 Å². The number of nitrogens with one attached hydrogen (secondary N) is 3. The summed E-state index contributed by atoms with van der Waals surface area (Å²) in [5.41, 5.74) is 1.58. The molecule has 0 aliphatic heterocycles. The highest BCUT2D eigenvalue weighted by molar-refractivity contribution is 7.80. The summed E-state index contributed by atoms with van der Waals surface area (Å²) in [6.45, 7) is -0.0920. The Morgan fingerprint density at radius 3 is 2.48 bits per heavy atom. The molecular weight excluding hydrogens is 364 g/mol. The predicted octanol–water partition coefficient (Wildman–Crippen LogP) is 1.94.